The highest BCUT2D eigenvalue weighted by molar-refractivity contribution is 6.06. The van der Waals surface area contributed by atoms with Gasteiger partial charge in [0.2, 0.25) is 5.96 Å². The molecule has 0 bridgehead atoms. The van der Waals surface area contributed by atoms with Gasteiger partial charge in [-0.2, -0.15) is 0 Å². The van der Waals surface area contributed by atoms with Gasteiger partial charge in [-0.25, -0.2) is 14.4 Å². The van der Waals surface area contributed by atoms with E-state index >= 15 is 0 Å². The number of aliphatic imine (C=N–C) groups is 2. The fourth-order valence-corrected chi connectivity index (χ4v) is 2.09. The molecule has 1 amide bonds. The SMILES string of the molecule is C=NC(=N/C=C(\C)OCOC)NC(=O)c1cccn(-c2ccc(F)cc2)c1=O. The molecule has 1 N–H and O–H groups in total. The Morgan fingerprint density at radius 3 is 2.68 bits per heavy atom. The summed E-state index contributed by atoms with van der Waals surface area (Å²) in [6.07, 6.45) is 2.80. The zero-order chi connectivity index (χ0) is 20.5. The first-order valence-electron chi connectivity index (χ1n) is 8.08. The number of nitrogens with one attached hydrogen (secondary N) is 1. The second kappa shape index (κ2) is 9.93. The first kappa shape index (κ1) is 20.7. The van der Waals surface area contributed by atoms with Gasteiger partial charge in [0, 0.05) is 19.0 Å². The van der Waals surface area contributed by atoms with Crippen LogP contribution in [0.3, 0.4) is 0 Å². The van der Waals surface area contributed by atoms with Crippen molar-refractivity contribution in [3.63, 3.8) is 0 Å². The van der Waals surface area contributed by atoms with E-state index < -0.39 is 17.3 Å². The maximum Gasteiger partial charge on any atom is 0.267 e. The number of ether oxygens (including phenoxy) is 2. The van der Waals surface area contributed by atoms with Crippen molar-refractivity contribution < 1.29 is 18.7 Å². The van der Waals surface area contributed by atoms with Crippen LogP contribution in [-0.2, 0) is 9.47 Å². The fraction of sp³-hybridized carbons (Fsp3) is 0.158. The molecule has 0 spiro atoms. The molecule has 2 rings (SSSR count). The molecule has 1 heterocycles. The Morgan fingerprint density at radius 2 is 2.04 bits per heavy atom. The number of hydrogen-bond donors (Lipinski definition) is 1. The van der Waals surface area contributed by atoms with E-state index in [0.29, 0.717) is 11.4 Å². The number of amides is 1. The molecule has 0 aliphatic rings. The zero-order valence-electron chi connectivity index (χ0n) is 15.4. The Hall–Kier alpha value is -3.59. The summed E-state index contributed by atoms with van der Waals surface area (Å²) in [6.45, 7) is 5.03. The molecule has 0 unspecified atom stereocenters. The standard InChI is InChI=1S/C19H19FN4O4/c1-13(28-12-27-3)11-22-19(21-2)23-17(25)16-5-4-10-24(18(16)26)15-8-6-14(20)7-9-15/h4-11H,2,12H2,1,3H3,(H,22,23,25)/b13-11+. The van der Waals surface area contributed by atoms with Gasteiger partial charge in [-0.15, -0.1) is 0 Å². The number of nitrogens with zero attached hydrogens (tertiary/aromatic N) is 3. The number of rotatable bonds is 6. The van der Waals surface area contributed by atoms with Gasteiger partial charge in [0.1, 0.15) is 17.1 Å². The predicted octanol–water partition coefficient (Wildman–Crippen LogP) is 2.24. The maximum absolute atomic E-state index is 13.1. The molecule has 0 saturated carbocycles. The fourth-order valence-electron chi connectivity index (χ4n) is 2.09. The van der Waals surface area contributed by atoms with Crippen molar-refractivity contribution in [2.75, 3.05) is 13.9 Å². The Balaban J connectivity index is 2.24. The van der Waals surface area contributed by atoms with Crippen LogP contribution in [0.15, 0.2) is 69.3 Å². The van der Waals surface area contributed by atoms with Gasteiger partial charge < -0.3 is 9.47 Å². The zero-order valence-corrected chi connectivity index (χ0v) is 15.4. The van der Waals surface area contributed by atoms with E-state index in [4.69, 9.17) is 9.47 Å². The van der Waals surface area contributed by atoms with Gasteiger partial charge >= 0.3 is 0 Å². The molecule has 0 atom stereocenters. The number of allylic oxidation sites excluding steroid dienone is 1. The molecule has 0 radical (unpaired) electrons. The monoisotopic (exact) mass is 386 g/mol. The molecule has 0 saturated heterocycles. The number of pyridine rings is 1. The molecule has 1 aromatic heterocycles. The van der Waals surface area contributed by atoms with Crippen LogP contribution in [0.5, 0.6) is 0 Å². The Kier molecular flexibility index (Phi) is 7.35. The Labute approximate surface area is 160 Å². The molecule has 8 nitrogen and oxygen atoms in total. The minimum absolute atomic E-state index is 0.0496. The first-order chi connectivity index (χ1) is 13.5. The van der Waals surface area contributed by atoms with E-state index in [1.54, 1.807) is 6.92 Å². The van der Waals surface area contributed by atoms with E-state index in [2.05, 4.69) is 22.0 Å². The number of guanidine groups is 1. The molecular formula is C19H19FN4O4. The van der Waals surface area contributed by atoms with Crippen LogP contribution in [-0.4, -0.2) is 37.1 Å². The van der Waals surface area contributed by atoms with Crippen LogP contribution in [0.4, 0.5) is 4.39 Å². The summed E-state index contributed by atoms with van der Waals surface area (Å²) in [5.41, 5.74) is -0.296. The van der Waals surface area contributed by atoms with Gasteiger partial charge in [0.15, 0.2) is 6.79 Å². The van der Waals surface area contributed by atoms with Gasteiger partial charge in [0.05, 0.1) is 6.20 Å². The van der Waals surface area contributed by atoms with E-state index in [1.807, 2.05) is 0 Å². The molecule has 0 fully saturated rings. The summed E-state index contributed by atoms with van der Waals surface area (Å²) in [7, 11) is 1.48. The molecule has 28 heavy (non-hydrogen) atoms. The molecule has 0 aliphatic carbocycles. The maximum atomic E-state index is 13.1. The van der Waals surface area contributed by atoms with E-state index in [-0.39, 0.29) is 18.3 Å². The molecule has 1 aromatic carbocycles. The number of halogens is 1. The van der Waals surface area contributed by atoms with Gasteiger partial charge in [-0.1, -0.05) is 0 Å². The lowest BCUT2D eigenvalue weighted by atomic mass is 10.2. The highest BCUT2D eigenvalue weighted by Gasteiger charge is 2.14. The Morgan fingerprint density at radius 1 is 1.32 bits per heavy atom. The third-order valence-electron chi connectivity index (χ3n) is 3.44. The van der Waals surface area contributed by atoms with Crippen LogP contribution in [0.25, 0.3) is 5.69 Å². The second-order valence-corrected chi connectivity index (χ2v) is 5.43. The number of carbonyl (C=O) groups is 1. The molecule has 2 aromatic rings. The van der Waals surface area contributed by atoms with Gasteiger partial charge in [-0.05, 0) is 50.0 Å². The second-order valence-electron chi connectivity index (χ2n) is 5.43. The summed E-state index contributed by atoms with van der Waals surface area (Å²) in [5, 5.41) is 2.40. The van der Waals surface area contributed by atoms with Crippen LogP contribution in [0.1, 0.15) is 17.3 Å². The van der Waals surface area contributed by atoms with Crippen molar-refractivity contribution in [1.82, 2.24) is 9.88 Å². The van der Waals surface area contributed by atoms with E-state index in [0.717, 1.165) is 0 Å². The van der Waals surface area contributed by atoms with Crippen molar-refractivity contribution in [1.29, 1.82) is 0 Å². The summed E-state index contributed by atoms with van der Waals surface area (Å²) >= 11 is 0. The molecular weight excluding hydrogens is 367 g/mol. The smallest absolute Gasteiger partial charge is 0.267 e. The first-order valence-corrected chi connectivity index (χ1v) is 8.08. The summed E-state index contributed by atoms with van der Waals surface area (Å²) in [6, 6.07) is 8.21. The summed E-state index contributed by atoms with van der Waals surface area (Å²) < 4.78 is 24.2. The van der Waals surface area contributed by atoms with Crippen LogP contribution in [0.2, 0.25) is 0 Å². The third-order valence-corrected chi connectivity index (χ3v) is 3.44. The number of methoxy groups -OCH3 is 1. The number of aromatic nitrogens is 1. The summed E-state index contributed by atoms with van der Waals surface area (Å²) in [4.78, 5) is 32.6. The van der Waals surface area contributed by atoms with Gasteiger partial charge in [0.25, 0.3) is 11.5 Å². The lowest BCUT2D eigenvalue weighted by molar-refractivity contribution is 0.00597. The Bertz CT molecular complexity index is 965. The number of benzene rings is 1. The van der Waals surface area contributed by atoms with Crippen molar-refractivity contribution in [3.05, 3.63) is 76.3 Å². The molecule has 146 valence electrons. The largest absolute Gasteiger partial charge is 0.471 e. The van der Waals surface area contributed by atoms with Crippen molar-refractivity contribution in [2.45, 2.75) is 6.92 Å². The normalized spacial score (nSPS) is 11.8. The quantitative estimate of drug-likeness (QED) is 0.357. The average molecular weight is 386 g/mol. The van der Waals surface area contributed by atoms with Crippen molar-refractivity contribution >= 4 is 18.6 Å². The van der Waals surface area contributed by atoms with E-state index in [1.165, 1.54) is 60.5 Å². The minimum Gasteiger partial charge on any atom is -0.471 e. The number of carbonyl (C=O) groups excluding carboxylic acids is 1. The molecule has 0 aliphatic heterocycles. The highest BCUT2D eigenvalue weighted by Crippen LogP contribution is 2.07. The van der Waals surface area contributed by atoms with Crippen molar-refractivity contribution in [2.24, 2.45) is 9.98 Å². The van der Waals surface area contributed by atoms with Crippen LogP contribution < -0.4 is 10.9 Å². The number of hydrogen-bond acceptors (Lipinski definition) is 5. The lowest BCUT2D eigenvalue weighted by Crippen LogP contribution is -2.35. The predicted molar refractivity (Wildman–Crippen MR) is 103 cm³/mol. The third kappa shape index (κ3) is 5.45. The van der Waals surface area contributed by atoms with Crippen LogP contribution in [0, 0.1) is 5.82 Å². The minimum atomic E-state index is -0.712. The van der Waals surface area contributed by atoms with Crippen molar-refractivity contribution in [3.8, 4) is 5.69 Å². The molecule has 9 heteroatoms. The summed E-state index contributed by atoms with van der Waals surface area (Å²) in [5.74, 6) is -0.824. The topological polar surface area (TPSA) is 94.3 Å². The van der Waals surface area contributed by atoms with Gasteiger partial charge in [-0.3, -0.25) is 19.5 Å². The van der Waals surface area contributed by atoms with Crippen LogP contribution >= 0.6 is 0 Å². The highest BCUT2D eigenvalue weighted by atomic mass is 19.1. The van der Waals surface area contributed by atoms with E-state index in [9.17, 15) is 14.0 Å². The average Bonchev–Trinajstić information content (AvgIpc) is 2.70. The lowest BCUT2D eigenvalue weighted by Gasteiger charge is -2.08.